The summed E-state index contributed by atoms with van der Waals surface area (Å²) in [6.07, 6.45) is 0.965. The van der Waals surface area contributed by atoms with Gasteiger partial charge >= 0.3 is 0 Å². The number of thiazole rings is 1. The van der Waals surface area contributed by atoms with Gasteiger partial charge in [-0.1, -0.05) is 12.1 Å². The minimum Gasteiger partial charge on any atom is -0.382 e. The number of nitrogens with one attached hydrogen (secondary N) is 2. The van der Waals surface area contributed by atoms with Crippen molar-refractivity contribution in [2.75, 3.05) is 30.4 Å². The van der Waals surface area contributed by atoms with E-state index in [-0.39, 0.29) is 5.91 Å². The van der Waals surface area contributed by atoms with E-state index < -0.39 is 0 Å². The van der Waals surface area contributed by atoms with E-state index in [2.05, 4.69) is 22.5 Å². The lowest BCUT2D eigenvalue weighted by Crippen LogP contribution is -2.05. The van der Waals surface area contributed by atoms with Crippen molar-refractivity contribution in [2.24, 2.45) is 0 Å². The van der Waals surface area contributed by atoms with Crippen LogP contribution in [0.3, 0.4) is 0 Å². The Bertz CT molecular complexity index is 638. The summed E-state index contributed by atoms with van der Waals surface area (Å²) < 4.78 is 5.32. The number of hydrogen-bond acceptors (Lipinski definition) is 5. The molecule has 0 bridgehead atoms. The number of rotatable bonds is 8. The first-order chi connectivity index (χ1) is 11.1. The maximum atomic E-state index is 11.1. The minimum absolute atomic E-state index is 0.0684. The summed E-state index contributed by atoms with van der Waals surface area (Å²) >= 11 is 1.66. The molecule has 0 atom stereocenters. The fourth-order valence-electron chi connectivity index (χ4n) is 2.17. The van der Waals surface area contributed by atoms with E-state index in [0.717, 1.165) is 48.3 Å². The number of aryl methyl sites for hydroxylation is 1. The second-order valence-electron chi connectivity index (χ2n) is 5.16. The molecular formula is C17H23N3O2S. The van der Waals surface area contributed by atoms with Crippen LogP contribution in [0.4, 0.5) is 10.8 Å². The second kappa shape index (κ2) is 8.64. The zero-order valence-corrected chi connectivity index (χ0v) is 14.6. The van der Waals surface area contributed by atoms with Crippen molar-refractivity contribution >= 4 is 28.1 Å². The molecule has 0 aliphatic heterocycles. The molecular weight excluding hydrogens is 310 g/mol. The lowest BCUT2D eigenvalue weighted by Gasteiger charge is -2.04. The highest BCUT2D eigenvalue weighted by Crippen LogP contribution is 2.30. The third-order valence-corrected chi connectivity index (χ3v) is 4.15. The van der Waals surface area contributed by atoms with Crippen LogP contribution in [0.25, 0.3) is 11.3 Å². The van der Waals surface area contributed by atoms with Gasteiger partial charge in [-0.2, -0.15) is 0 Å². The molecule has 0 saturated carbocycles. The van der Waals surface area contributed by atoms with Crippen molar-refractivity contribution in [3.63, 3.8) is 0 Å². The van der Waals surface area contributed by atoms with E-state index >= 15 is 0 Å². The largest absolute Gasteiger partial charge is 0.382 e. The number of ether oxygens (including phenoxy) is 1. The third kappa shape index (κ3) is 5.33. The maximum Gasteiger partial charge on any atom is 0.221 e. The van der Waals surface area contributed by atoms with Crippen molar-refractivity contribution < 1.29 is 9.53 Å². The molecule has 0 aliphatic carbocycles. The first-order valence-corrected chi connectivity index (χ1v) is 8.59. The van der Waals surface area contributed by atoms with Crippen LogP contribution in [0, 0.1) is 6.92 Å². The average molecular weight is 333 g/mol. The van der Waals surface area contributed by atoms with Gasteiger partial charge in [-0.25, -0.2) is 4.98 Å². The Morgan fingerprint density at radius 2 is 2.04 bits per heavy atom. The van der Waals surface area contributed by atoms with Crippen molar-refractivity contribution in [3.8, 4) is 11.3 Å². The molecule has 1 amide bonds. The molecule has 0 unspecified atom stereocenters. The van der Waals surface area contributed by atoms with Crippen LogP contribution in [-0.2, 0) is 9.53 Å². The zero-order valence-electron chi connectivity index (χ0n) is 13.8. The normalized spacial score (nSPS) is 10.6. The number of anilines is 2. The van der Waals surface area contributed by atoms with E-state index in [1.807, 2.05) is 31.2 Å². The smallest absolute Gasteiger partial charge is 0.221 e. The maximum absolute atomic E-state index is 11.1. The Labute approximate surface area is 141 Å². The van der Waals surface area contributed by atoms with Gasteiger partial charge in [0, 0.05) is 42.8 Å². The first-order valence-electron chi connectivity index (χ1n) is 7.77. The van der Waals surface area contributed by atoms with Gasteiger partial charge in [0.1, 0.15) is 0 Å². The van der Waals surface area contributed by atoms with Gasteiger partial charge in [0.05, 0.1) is 5.69 Å². The van der Waals surface area contributed by atoms with Crippen molar-refractivity contribution in [2.45, 2.75) is 27.2 Å². The summed E-state index contributed by atoms with van der Waals surface area (Å²) in [4.78, 5) is 16.9. The van der Waals surface area contributed by atoms with E-state index in [1.54, 1.807) is 11.3 Å². The number of carbonyl (C=O) groups excluding carboxylic acids is 1. The van der Waals surface area contributed by atoms with Crippen LogP contribution in [0.1, 0.15) is 25.1 Å². The Balaban J connectivity index is 1.98. The van der Waals surface area contributed by atoms with Crippen molar-refractivity contribution in [1.82, 2.24) is 4.98 Å². The Morgan fingerprint density at radius 1 is 1.30 bits per heavy atom. The molecule has 2 rings (SSSR count). The molecule has 1 aromatic carbocycles. The molecule has 2 aromatic rings. The highest BCUT2D eigenvalue weighted by molar-refractivity contribution is 7.16. The molecule has 23 heavy (non-hydrogen) atoms. The van der Waals surface area contributed by atoms with E-state index in [1.165, 1.54) is 11.8 Å². The topological polar surface area (TPSA) is 63.2 Å². The highest BCUT2D eigenvalue weighted by atomic mass is 32.1. The lowest BCUT2D eigenvalue weighted by atomic mass is 10.1. The summed E-state index contributed by atoms with van der Waals surface area (Å²) in [5.41, 5.74) is 2.83. The zero-order chi connectivity index (χ0) is 16.7. The SMILES string of the molecule is CCOCCCNc1nc(-c2ccc(NC(C)=O)cc2)c(C)s1. The summed E-state index contributed by atoms with van der Waals surface area (Å²) in [5.74, 6) is -0.0684. The molecule has 0 aliphatic rings. The number of aromatic nitrogens is 1. The summed E-state index contributed by atoms with van der Waals surface area (Å²) in [6, 6.07) is 7.74. The van der Waals surface area contributed by atoms with Crippen LogP contribution in [0.5, 0.6) is 0 Å². The molecule has 0 fully saturated rings. The Kier molecular flexibility index (Phi) is 6.55. The fraction of sp³-hybridized carbons (Fsp3) is 0.412. The van der Waals surface area contributed by atoms with Gasteiger partial charge < -0.3 is 15.4 Å². The second-order valence-corrected chi connectivity index (χ2v) is 6.36. The first kappa shape index (κ1) is 17.4. The Morgan fingerprint density at radius 3 is 2.70 bits per heavy atom. The monoisotopic (exact) mass is 333 g/mol. The van der Waals surface area contributed by atoms with Gasteiger partial charge in [0.25, 0.3) is 0 Å². The number of carbonyl (C=O) groups is 1. The molecule has 6 heteroatoms. The minimum atomic E-state index is -0.0684. The molecule has 2 N–H and O–H groups in total. The predicted molar refractivity (Wildman–Crippen MR) is 96.2 cm³/mol. The van der Waals surface area contributed by atoms with Gasteiger partial charge in [0.2, 0.25) is 5.91 Å². The van der Waals surface area contributed by atoms with Crippen LogP contribution in [0.2, 0.25) is 0 Å². The molecule has 1 aromatic heterocycles. The highest BCUT2D eigenvalue weighted by Gasteiger charge is 2.09. The molecule has 0 radical (unpaired) electrons. The number of amides is 1. The molecule has 5 nitrogen and oxygen atoms in total. The number of benzene rings is 1. The number of hydrogen-bond donors (Lipinski definition) is 2. The van der Waals surface area contributed by atoms with Crippen molar-refractivity contribution in [1.29, 1.82) is 0 Å². The van der Waals surface area contributed by atoms with E-state index in [4.69, 9.17) is 4.74 Å². The van der Waals surface area contributed by atoms with E-state index in [9.17, 15) is 4.79 Å². The van der Waals surface area contributed by atoms with Crippen LogP contribution < -0.4 is 10.6 Å². The summed E-state index contributed by atoms with van der Waals surface area (Å²) in [7, 11) is 0. The van der Waals surface area contributed by atoms with Gasteiger partial charge in [-0.05, 0) is 32.4 Å². The molecule has 1 heterocycles. The third-order valence-electron chi connectivity index (χ3n) is 3.22. The number of nitrogens with zero attached hydrogens (tertiary/aromatic N) is 1. The quantitative estimate of drug-likeness (QED) is 0.719. The standard InChI is InChI=1S/C17H23N3O2S/c1-4-22-11-5-10-18-17-20-16(12(2)23-17)14-6-8-15(9-7-14)19-13(3)21/h6-9H,4-5,10-11H2,1-3H3,(H,18,20)(H,19,21). The lowest BCUT2D eigenvalue weighted by molar-refractivity contribution is -0.114. The van der Waals surface area contributed by atoms with Crippen LogP contribution in [0.15, 0.2) is 24.3 Å². The Hall–Kier alpha value is -1.92. The molecule has 0 saturated heterocycles. The van der Waals surface area contributed by atoms with Crippen molar-refractivity contribution in [3.05, 3.63) is 29.1 Å². The van der Waals surface area contributed by atoms with Gasteiger partial charge in [-0.15, -0.1) is 11.3 Å². The van der Waals surface area contributed by atoms with Crippen LogP contribution >= 0.6 is 11.3 Å². The van der Waals surface area contributed by atoms with E-state index in [0.29, 0.717) is 0 Å². The fourth-order valence-corrected chi connectivity index (χ4v) is 3.03. The summed E-state index contributed by atoms with van der Waals surface area (Å²) in [6.45, 7) is 7.96. The summed E-state index contributed by atoms with van der Waals surface area (Å²) in [5, 5.41) is 7.04. The van der Waals surface area contributed by atoms with Gasteiger partial charge in [0.15, 0.2) is 5.13 Å². The van der Waals surface area contributed by atoms with Gasteiger partial charge in [-0.3, -0.25) is 4.79 Å². The molecule has 0 spiro atoms. The molecule has 124 valence electrons. The predicted octanol–water partition coefficient (Wildman–Crippen LogP) is 3.92. The average Bonchev–Trinajstić information content (AvgIpc) is 2.88. The van der Waals surface area contributed by atoms with Crippen LogP contribution in [-0.4, -0.2) is 30.6 Å².